The molecule has 0 spiro atoms. The van der Waals surface area contributed by atoms with E-state index in [1.807, 2.05) is 0 Å². The summed E-state index contributed by atoms with van der Waals surface area (Å²) in [5, 5.41) is 32.5. The SMILES string of the molecule is CC#CC1(O)C(N2C(=O)NCC=C2C)OC(CO)[C@@H]1O. The van der Waals surface area contributed by atoms with E-state index < -0.39 is 36.7 Å². The first-order valence-corrected chi connectivity index (χ1v) is 6.30. The molecule has 4 N–H and O–H groups in total. The lowest BCUT2D eigenvalue weighted by Crippen LogP contribution is -2.58. The Bertz CT molecular complexity index is 495. The Labute approximate surface area is 116 Å². The molecule has 0 bridgehead atoms. The van der Waals surface area contributed by atoms with Crippen molar-refractivity contribution in [1.29, 1.82) is 0 Å². The zero-order valence-corrected chi connectivity index (χ0v) is 11.3. The lowest BCUT2D eigenvalue weighted by molar-refractivity contribution is -0.0904. The molecule has 0 aromatic carbocycles. The summed E-state index contributed by atoms with van der Waals surface area (Å²) in [6.45, 7) is 3.11. The van der Waals surface area contributed by atoms with Crippen LogP contribution in [0.2, 0.25) is 0 Å². The quantitative estimate of drug-likeness (QED) is 0.474. The van der Waals surface area contributed by atoms with Crippen LogP contribution in [-0.2, 0) is 4.74 Å². The highest BCUT2D eigenvalue weighted by molar-refractivity contribution is 5.78. The third-order valence-corrected chi connectivity index (χ3v) is 3.47. The van der Waals surface area contributed by atoms with Crippen molar-refractivity contribution in [1.82, 2.24) is 10.2 Å². The van der Waals surface area contributed by atoms with E-state index in [2.05, 4.69) is 17.2 Å². The van der Waals surface area contributed by atoms with Gasteiger partial charge in [0.25, 0.3) is 0 Å². The van der Waals surface area contributed by atoms with Crippen molar-refractivity contribution in [2.75, 3.05) is 13.2 Å². The fraction of sp³-hybridized carbons (Fsp3) is 0.615. The molecule has 20 heavy (non-hydrogen) atoms. The number of hydrogen-bond donors (Lipinski definition) is 4. The van der Waals surface area contributed by atoms with Crippen LogP contribution in [0.25, 0.3) is 0 Å². The summed E-state index contributed by atoms with van der Waals surface area (Å²) in [7, 11) is 0. The first-order valence-electron chi connectivity index (χ1n) is 6.30. The number of allylic oxidation sites excluding steroid dienone is 1. The number of carbonyl (C=O) groups excluding carboxylic acids is 1. The van der Waals surface area contributed by atoms with Crippen LogP contribution in [0.1, 0.15) is 13.8 Å². The minimum atomic E-state index is -1.95. The number of nitrogens with zero attached hydrogens (tertiary/aromatic N) is 1. The molecule has 1 saturated heterocycles. The van der Waals surface area contributed by atoms with Crippen molar-refractivity contribution < 1.29 is 24.9 Å². The van der Waals surface area contributed by atoms with Crippen molar-refractivity contribution in [2.24, 2.45) is 0 Å². The highest BCUT2D eigenvalue weighted by atomic mass is 16.6. The van der Waals surface area contributed by atoms with E-state index in [4.69, 9.17) is 4.74 Å². The van der Waals surface area contributed by atoms with Gasteiger partial charge in [0, 0.05) is 12.2 Å². The van der Waals surface area contributed by atoms with Crippen LogP contribution in [0.3, 0.4) is 0 Å². The maximum Gasteiger partial charge on any atom is 0.324 e. The van der Waals surface area contributed by atoms with Gasteiger partial charge in [-0.15, -0.1) is 5.92 Å². The number of aliphatic hydroxyl groups excluding tert-OH is 2. The first-order chi connectivity index (χ1) is 9.45. The number of urea groups is 1. The molecule has 7 heteroatoms. The second-order valence-corrected chi connectivity index (χ2v) is 4.76. The molecule has 0 radical (unpaired) electrons. The Balaban J connectivity index is 2.42. The van der Waals surface area contributed by atoms with Gasteiger partial charge in [-0.3, -0.25) is 4.90 Å². The van der Waals surface area contributed by atoms with Crippen LogP contribution < -0.4 is 5.32 Å². The summed E-state index contributed by atoms with van der Waals surface area (Å²) in [6, 6.07) is -0.447. The van der Waals surface area contributed by atoms with Crippen LogP contribution >= 0.6 is 0 Å². The molecule has 0 aromatic heterocycles. The lowest BCUT2D eigenvalue weighted by Gasteiger charge is -2.37. The minimum Gasteiger partial charge on any atom is -0.394 e. The van der Waals surface area contributed by atoms with E-state index in [0.29, 0.717) is 12.2 Å². The van der Waals surface area contributed by atoms with Gasteiger partial charge in [-0.05, 0) is 19.9 Å². The third kappa shape index (κ3) is 2.17. The van der Waals surface area contributed by atoms with Gasteiger partial charge >= 0.3 is 6.03 Å². The largest absolute Gasteiger partial charge is 0.394 e. The molecular formula is C13H18N2O5. The zero-order valence-electron chi connectivity index (χ0n) is 11.3. The fourth-order valence-corrected chi connectivity index (χ4v) is 2.43. The summed E-state index contributed by atoms with van der Waals surface area (Å²) < 4.78 is 5.44. The predicted octanol–water partition coefficient (Wildman–Crippen LogP) is -1.25. The molecular weight excluding hydrogens is 264 g/mol. The highest BCUT2D eigenvalue weighted by Crippen LogP contribution is 2.35. The minimum absolute atomic E-state index is 0.387. The molecule has 2 heterocycles. The second-order valence-electron chi connectivity index (χ2n) is 4.76. The van der Waals surface area contributed by atoms with Gasteiger partial charge in [-0.25, -0.2) is 4.79 Å². The van der Waals surface area contributed by atoms with Crippen molar-refractivity contribution in [3.63, 3.8) is 0 Å². The summed E-state index contributed by atoms with van der Waals surface area (Å²) in [4.78, 5) is 13.2. The smallest absolute Gasteiger partial charge is 0.324 e. The van der Waals surface area contributed by atoms with Gasteiger partial charge in [-0.2, -0.15) is 0 Å². The van der Waals surface area contributed by atoms with Crippen molar-refractivity contribution in [2.45, 2.75) is 37.9 Å². The van der Waals surface area contributed by atoms with Crippen molar-refractivity contribution >= 4 is 6.03 Å². The molecule has 2 aliphatic rings. The molecule has 2 rings (SSSR count). The van der Waals surface area contributed by atoms with E-state index in [1.165, 1.54) is 11.8 Å². The Morgan fingerprint density at radius 1 is 1.65 bits per heavy atom. The average Bonchev–Trinajstić information content (AvgIpc) is 2.64. The number of amides is 2. The number of ether oxygens (including phenoxy) is 1. The Morgan fingerprint density at radius 2 is 2.35 bits per heavy atom. The average molecular weight is 282 g/mol. The Kier molecular flexibility index (Phi) is 4.01. The number of carbonyl (C=O) groups is 1. The topological polar surface area (TPSA) is 102 Å². The van der Waals surface area contributed by atoms with Gasteiger partial charge in [0.2, 0.25) is 0 Å². The molecule has 2 amide bonds. The van der Waals surface area contributed by atoms with Crippen LogP contribution in [0, 0.1) is 11.8 Å². The van der Waals surface area contributed by atoms with E-state index in [9.17, 15) is 20.1 Å². The molecule has 110 valence electrons. The first kappa shape index (κ1) is 14.8. The highest BCUT2D eigenvalue weighted by Gasteiger charge is 2.58. The number of nitrogens with one attached hydrogen (secondary N) is 1. The van der Waals surface area contributed by atoms with E-state index >= 15 is 0 Å². The van der Waals surface area contributed by atoms with E-state index in [0.717, 1.165) is 0 Å². The zero-order chi connectivity index (χ0) is 14.9. The van der Waals surface area contributed by atoms with Crippen molar-refractivity contribution in [3.05, 3.63) is 11.8 Å². The number of hydrogen-bond acceptors (Lipinski definition) is 5. The molecule has 1 fully saturated rings. The second kappa shape index (κ2) is 5.42. The summed E-state index contributed by atoms with van der Waals surface area (Å²) in [5.41, 5.74) is -1.37. The maximum absolute atomic E-state index is 12.0. The summed E-state index contributed by atoms with van der Waals surface area (Å²) >= 11 is 0. The van der Waals surface area contributed by atoms with E-state index in [1.54, 1.807) is 13.0 Å². The lowest BCUT2D eigenvalue weighted by atomic mass is 9.93. The normalized spacial score (nSPS) is 37.0. The van der Waals surface area contributed by atoms with Gasteiger partial charge in [-0.1, -0.05) is 5.92 Å². The predicted molar refractivity (Wildman–Crippen MR) is 69.1 cm³/mol. The van der Waals surface area contributed by atoms with Gasteiger partial charge in [0.15, 0.2) is 11.8 Å². The Morgan fingerprint density at radius 3 is 2.90 bits per heavy atom. The molecule has 7 nitrogen and oxygen atoms in total. The van der Waals surface area contributed by atoms with Gasteiger partial charge < -0.3 is 25.4 Å². The number of aliphatic hydroxyl groups is 3. The number of rotatable bonds is 2. The summed E-state index contributed by atoms with van der Waals surface area (Å²) in [5.74, 6) is 5.02. The molecule has 0 saturated carbocycles. The monoisotopic (exact) mass is 282 g/mol. The standard InChI is InChI=1S/C13H18N2O5/c1-3-5-13(19)10(17)9(7-16)20-11(13)15-8(2)4-6-14-12(15)18/h4,9-11,16-17,19H,6-7H2,1-2H3,(H,14,18)/t9?,10-,11?,13?/m0/s1. The molecule has 4 atom stereocenters. The van der Waals surface area contributed by atoms with E-state index in [-0.39, 0.29) is 0 Å². The van der Waals surface area contributed by atoms with Crippen LogP contribution in [0.4, 0.5) is 4.79 Å². The van der Waals surface area contributed by atoms with Crippen LogP contribution in [-0.4, -0.2) is 63.4 Å². The molecule has 3 unspecified atom stereocenters. The molecule has 0 aromatic rings. The maximum atomic E-state index is 12.0. The van der Waals surface area contributed by atoms with Crippen molar-refractivity contribution in [3.8, 4) is 11.8 Å². The van der Waals surface area contributed by atoms with Crippen LogP contribution in [0.15, 0.2) is 11.8 Å². The summed E-state index contributed by atoms with van der Waals surface area (Å²) in [6.07, 6.45) is -1.84. The molecule has 0 aliphatic carbocycles. The van der Waals surface area contributed by atoms with Crippen LogP contribution in [0.5, 0.6) is 0 Å². The van der Waals surface area contributed by atoms with Gasteiger partial charge in [0.05, 0.1) is 6.61 Å². The molecule has 2 aliphatic heterocycles. The Hall–Kier alpha value is -1.59. The third-order valence-electron chi connectivity index (χ3n) is 3.47. The van der Waals surface area contributed by atoms with Gasteiger partial charge in [0.1, 0.15) is 12.2 Å². The fourth-order valence-electron chi connectivity index (χ4n) is 2.43.